The molecule has 4 rings (SSSR count). The Balaban J connectivity index is 1.57. The van der Waals surface area contributed by atoms with Crippen molar-refractivity contribution in [1.82, 2.24) is 15.0 Å². The number of pyridine rings is 1. The Morgan fingerprint density at radius 3 is 2.72 bits per heavy atom. The number of benzene rings is 2. The van der Waals surface area contributed by atoms with E-state index in [-0.39, 0.29) is 0 Å². The van der Waals surface area contributed by atoms with Gasteiger partial charge in [-0.3, -0.25) is 9.19 Å². The Morgan fingerprint density at radius 2 is 1.97 bits per heavy atom. The highest BCUT2D eigenvalue weighted by atomic mass is 32.2. The maximum Gasteiger partial charge on any atom is 0.197 e. The molecule has 2 aromatic heterocycles. The van der Waals surface area contributed by atoms with Gasteiger partial charge in [-0.05, 0) is 42.3 Å². The molecule has 2 heterocycles. The summed E-state index contributed by atoms with van der Waals surface area (Å²) in [6, 6.07) is 17.8. The van der Waals surface area contributed by atoms with Crippen LogP contribution in [0.1, 0.15) is 18.2 Å². The molecule has 0 radical (unpaired) electrons. The van der Waals surface area contributed by atoms with Gasteiger partial charge in [-0.1, -0.05) is 36.9 Å². The predicted molar refractivity (Wildman–Crippen MR) is 117 cm³/mol. The highest BCUT2D eigenvalue weighted by Crippen LogP contribution is 2.31. The van der Waals surface area contributed by atoms with E-state index in [2.05, 4.69) is 34.0 Å². The number of H-pyrrole nitrogens is 1. The number of aryl methyl sites for hydroxylation is 1. The third-order valence-corrected chi connectivity index (χ3v) is 6.80. The molecular weight excluding hydrogens is 402 g/mol. The fraction of sp³-hybridized carbons (Fsp3) is 0.182. The van der Waals surface area contributed by atoms with Crippen molar-refractivity contribution in [3.8, 4) is 5.75 Å². The summed E-state index contributed by atoms with van der Waals surface area (Å²) in [5, 5.41) is 0.451. The van der Waals surface area contributed by atoms with Gasteiger partial charge < -0.3 is 9.72 Å². The summed E-state index contributed by atoms with van der Waals surface area (Å²) in [5.41, 5.74) is 3.55. The number of imidazole rings is 1. The van der Waals surface area contributed by atoms with Crippen LogP contribution in [-0.4, -0.2) is 26.3 Å². The number of methoxy groups -OCH3 is 1. The van der Waals surface area contributed by atoms with Crippen LogP contribution in [0, 0.1) is 0 Å². The molecule has 0 spiro atoms. The highest BCUT2D eigenvalue weighted by molar-refractivity contribution is 7.99. The van der Waals surface area contributed by atoms with Crippen molar-refractivity contribution in [3.63, 3.8) is 0 Å². The van der Waals surface area contributed by atoms with E-state index in [4.69, 9.17) is 4.74 Å². The van der Waals surface area contributed by atoms with Crippen molar-refractivity contribution in [2.75, 3.05) is 7.11 Å². The summed E-state index contributed by atoms with van der Waals surface area (Å²) in [7, 11) is 0.300. The molecule has 2 aromatic carbocycles. The first-order valence-corrected chi connectivity index (χ1v) is 11.4. The summed E-state index contributed by atoms with van der Waals surface area (Å²) in [4.78, 5) is 14.5. The number of fused-ring (bicyclic) bond motifs is 1. The molecule has 5 nitrogen and oxygen atoms in total. The van der Waals surface area contributed by atoms with Crippen molar-refractivity contribution < 1.29 is 8.95 Å². The van der Waals surface area contributed by atoms with E-state index in [1.165, 1.54) is 10.5 Å². The van der Waals surface area contributed by atoms with Crippen LogP contribution in [0.5, 0.6) is 5.75 Å². The summed E-state index contributed by atoms with van der Waals surface area (Å²) < 4.78 is 18.1. The normalized spacial score (nSPS) is 12.2. The zero-order chi connectivity index (χ0) is 20.2. The van der Waals surface area contributed by atoms with Crippen molar-refractivity contribution in [2.45, 2.75) is 34.0 Å². The average molecular weight is 424 g/mol. The molecule has 1 atom stereocenters. The van der Waals surface area contributed by atoms with Crippen LogP contribution in [0.2, 0.25) is 0 Å². The monoisotopic (exact) mass is 423 g/mol. The number of hydrogen-bond donors (Lipinski definition) is 1. The van der Waals surface area contributed by atoms with Crippen LogP contribution >= 0.6 is 11.8 Å². The predicted octanol–water partition coefficient (Wildman–Crippen LogP) is 4.99. The zero-order valence-electron chi connectivity index (χ0n) is 16.2. The van der Waals surface area contributed by atoms with E-state index in [0.717, 1.165) is 33.8 Å². The number of rotatable bonds is 7. The molecule has 0 saturated heterocycles. The number of nitrogens with zero attached hydrogens (tertiary/aromatic N) is 2. The lowest BCUT2D eigenvalue weighted by molar-refractivity contribution is 0.415. The summed E-state index contributed by atoms with van der Waals surface area (Å²) in [5.74, 6) is 1.04. The Bertz CT molecular complexity index is 1160. The van der Waals surface area contributed by atoms with Gasteiger partial charge in [0.05, 0.1) is 40.4 Å². The lowest BCUT2D eigenvalue weighted by Gasteiger charge is -2.09. The van der Waals surface area contributed by atoms with Gasteiger partial charge >= 0.3 is 0 Å². The molecular formula is C22H21N3O2S2. The SMILES string of the molecule is CCc1cnc(CS(=O)c2nc3ccc(OC)cc3[nH]2)cc1Sc1ccccc1. The first kappa shape index (κ1) is 19.7. The second kappa shape index (κ2) is 8.80. The lowest BCUT2D eigenvalue weighted by Crippen LogP contribution is -2.02. The van der Waals surface area contributed by atoms with Crippen LogP contribution in [0.3, 0.4) is 0 Å². The van der Waals surface area contributed by atoms with Crippen molar-refractivity contribution >= 4 is 33.6 Å². The van der Waals surface area contributed by atoms with Crippen LogP contribution in [0.15, 0.2) is 75.7 Å². The Kier molecular flexibility index (Phi) is 5.97. The van der Waals surface area contributed by atoms with Crippen LogP contribution in [-0.2, 0) is 23.0 Å². The fourth-order valence-electron chi connectivity index (χ4n) is 2.96. The third-order valence-electron chi connectivity index (χ3n) is 4.51. The zero-order valence-corrected chi connectivity index (χ0v) is 17.8. The molecule has 0 aliphatic rings. The van der Waals surface area contributed by atoms with Gasteiger partial charge in [-0.25, -0.2) is 4.98 Å². The van der Waals surface area contributed by atoms with Crippen LogP contribution < -0.4 is 4.74 Å². The Hall–Kier alpha value is -2.64. The highest BCUT2D eigenvalue weighted by Gasteiger charge is 2.14. The summed E-state index contributed by atoms with van der Waals surface area (Å²) in [6.07, 6.45) is 2.79. The molecule has 4 aromatic rings. The number of ether oxygens (including phenoxy) is 1. The molecule has 1 N–H and O–H groups in total. The van der Waals surface area contributed by atoms with Crippen LogP contribution in [0.4, 0.5) is 0 Å². The second-order valence-corrected chi connectivity index (χ2v) is 8.95. The van der Waals surface area contributed by atoms with Gasteiger partial charge in [0.25, 0.3) is 0 Å². The molecule has 1 unspecified atom stereocenters. The van der Waals surface area contributed by atoms with E-state index >= 15 is 0 Å². The topological polar surface area (TPSA) is 67.9 Å². The Morgan fingerprint density at radius 1 is 1.14 bits per heavy atom. The first-order valence-electron chi connectivity index (χ1n) is 9.29. The molecule has 0 saturated carbocycles. The second-order valence-electron chi connectivity index (χ2n) is 6.47. The molecule has 0 aliphatic carbocycles. The van der Waals surface area contributed by atoms with E-state index in [9.17, 15) is 4.21 Å². The molecule has 0 fully saturated rings. The number of aromatic nitrogens is 3. The molecule has 0 bridgehead atoms. The largest absolute Gasteiger partial charge is 0.497 e. The number of nitrogens with one attached hydrogen (secondary N) is 1. The summed E-state index contributed by atoms with van der Waals surface area (Å²) >= 11 is 1.71. The van der Waals surface area contributed by atoms with E-state index in [0.29, 0.717) is 10.9 Å². The maximum absolute atomic E-state index is 12.9. The third kappa shape index (κ3) is 4.52. The van der Waals surface area contributed by atoms with Gasteiger partial charge in [0.15, 0.2) is 5.16 Å². The molecule has 7 heteroatoms. The Labute approximate surface area is 176 Å². The molecule has 0 aliphatic heterocycles. The van der Waals surface area contributed by atoms with Gasteiger partial charge in [0.2, 0.25) is 0 Å². The van der Waals surface area contributed by atoms with Gasteiger partial charge in [-0.2, -0.15) is 0 Å². The van der Waals surface area contributed by atoms with Crippen molar-refractivity contribution in [3.05, 3.63) is 72.1 Å². The standard InChI is InChI=1S/C22H21N3O2S2/c1-3-15-13-23-16(11-21(15)28-18-7-5-4-6-8-18)14-29(26)22-24-19-10-9-17(27-2)12-20(19)25-22/h4-13H,3,14H2,1-2H3,(H,24,25). The van der Waals surface area contributed by atoms with E-state index in [1.807, 2.05) is 48.7 Å². The maximum atomic E-state index is 12.9. The molecule has 29 heavy (non-hydrogen) atoms. The van der Waals surface area contributed by atoms with Crippen molar-refractivity contribution in [2.24, 2.45) is 0 Å². The molecule has 0 amide bonds. The number of aromatic amines is 1. The fourth-order valence-corrected chi connectivity index (χ4v) is 5.02. The number of hydrogen-bond acceptors (Lipinski definition) is 5. The smallest absolute Gasteiger partial charge is 0.197 e. The van der Waals surface area contributed by atoms with E-state index in [1.54, 1.807) is 18.9 Å². The van der Waals surface area contributed by atoms with E-state index < -0.39 is 10.8 Å². The first-order chi connectivity index (χ1) is 14.2. The average Bonchev–Trinajstić information content (AvgIpc) is 3.18. The van der Waals surface area contributed by atoms with Crippen LogP contribution in [0.25, 0.3) is 11.0 Å². The van der Waals surface area contributed by atoms with Gasteiger partial charge in [0.1, 0.15) is 5.75 Å². The minimum absolute atomic E-state index is 0.309. The lowest BCUT2D eigenvalue weighted by atomic mass is 10.2. The quantitative estimate of drug-likeness (QED) is 0.454. The minimum atomic E-state index is -1.32. The van der Waals surface area contributed by atoms with Gasteiger partial charge in [-0.15, -0.1) is 0 Å². The van der Waals surface area contributed by atoms with Crippen molar-refractivity contribution in [1.29, 1.82) is 0 Å². The van der Waals surface area contributed by atoms with Gasteiger partial charge in [0, 0.05) is 22.1 Å². The minimum Gasteiger partial charge on any atom is -0.497 e. The molecule has 148 valence electrons. The summed E-state index contributed by atoms with van der Waals surface area (Å²) in [6.45, 7) is 2.12.